The van der Waals surface area contributed by atoms with E-state index < -0.39 is 10.0 Å². The van der Waals surface area contributed by atoms with Crippen molar-refractivity contribution in [2.75, 3.05) is 25.9 Å². The lowest BCUT2D eigenvalue weighted by molar-refractivity contribution is -0.120. The first-order valence-electron chi connectivity index (χ1n) is 8.28. The van der Waals surface area contributed by atoms with E-state index in [4.69, 9.17) is 4.42 Å². The first-order valence-corrected chi connectivity index (χ1v) is 10.2. The zero-order valence-corrected chi connectivity index (χ0v) is 15.4. The lowest BCUT2D eigenvalue weighted by atomic mass is 9.98. The van der Waals surface area contributed by atoms with Crippen LogP contribution in [0.15, 0.2) is 16.5 Å². The Labute approximate surface area is 143 Å². The first kappa shape index (κ1) is 19.0. The molecule has 1 amide bonds. The lowest BCUT2D eigenvalue weighted by Crippen LogP contribution is -2.45. The molecule has 0 bridgehead atoms. The molecule has 1 saturated heterocycles. The standard InChI is InChI=1S/C16H27N3O4S/c1-4-5-13-9-19(10-14-7-6-12(2)23-14)11-15(13)18-16(20)8-17-24(3,21)22/h6-7,13,15,17H,4-5,8-11H2,1-3H3,(H,18,20). The smallest absolute Gasteiger partial charge is 0.235 e. The monoisotopic (exact) mass is 357 g/mol. The second kappa shape index (κ2) is 8.13. The van der Waals surface area contributed by atoms with E-state index >= 15 is 0 Å². The molecule has 8 heteroatoms. The van der Waals surface area contributed by atoms with E-state index in [0.717, 1.165) is 50.3 Å². The van der Waals surface area contributed by atoms with Crippen LogP contribution in [-0.2, 0) is 21.4 Å². The average molecular weight is 357 g/mol. The van der Waals surface area contributed by atoms with Crippen molar-refractivity contribution in [1.29, 1.82) is 0 Å². The van der Waals surface area contributed by atoms with Crippen molar-refractivity contribution in [2.24, 2.45) is 5.92 Å². The van der Waals surface area contributed by atoms with Gasteiger partial charge in [-0.1, -0.05) is 13.3 Å². The average Bonchev–Trinajstić information content (AvgIpc) is 3.04. The van der Waals surface area contributed by atoms with Gasteiger partial charge in [-0.15, -0.1) is 0 Å². The summed E-state index contributed by atoms with van der Waals surface area (Å²) in [6.07, 6.45) is 3.12. The fraction of sp³-hybridized carbons (Fsp3) is 0.688. The Morgan fingerprint density at radius 3 is 2.71 bits per heavy atom. The normalized spacial score (nSPS) is 22.0. The highest BCUT2D eigenvalue weighted by Crippen LogP contribution is 2.24. The summed E-state index contributed by atoms with van der Waals surface area (Å²) in [5.41, 5.74) is 0. The molecule has 7 nitrogen and oxygen atoms in total. The van der Waals surface area contributed by atoms with E-state index in [-0.39, 0.29) is 18.5 Å². The number of sulfonamides is 1. The Balaban J connectivity index is 1.90. The molecule has 2 atom stereocenters. The number of hydrogen-bond donors (Lipinski definition) is 2. The minimum absolute atomic E-state index is 0.0369. The number of nitrogens with one attached hydrogen (secondary N) is 2. The summed E-state index contributed by atoms with van der Waals surface area (Å²) in [4.78, 5) is 14.3. The topological polar surface area (TPSA) is 91.7 Å². The van der Waals surface area contributed by atoms with Gasteiger partial charge in [0.05, 0.1) is 19.3 Å². The molecule has 1 aliphatic heterocycles. The first-order chi connectivity index (χ1) is 11.3. The van der Waals surface area contributed by atoms with Crippen LogP contribution >= 0.6 is 0 Å². The van der Waals surface area contributed by atoms with Crippen LogP contribution < -0.4 is 10.0 Å². The highest BCUT2D eigenvalue weighted by atomic mass is 32.2. The van der Waals surface area contributed by atoms with Gasteiger partial charge in [0, 0.05) is 19.1 Å². The third kappa shape index (κ3) is 5.92. The van der Waals surface area contributed by atoms with E-state index in [2.05, 4.69) is 21.9 Å². The van der Waals surface area contributed by atoms with Crippen LogP contribution in [0, 0.1) is 12.8 Å². The number of likely N-dealkylation sites (tertiary alicyclic amines) is 1. The molecule has 0 spiro atoms. The molecule has 0 radical (unpaired) electrons. The Morgan fingerprint density at radius 2 is 2.12 bits per heavy atom. The van der Waals surface area contributed by atoms with Crippen LogP contribution in [-0.4, -0.2) is 51.2 Å². The zero-order chi connectivity index (χ0) is 17.7. The zero-order valence-electron chi connectivity index (χ0n) is 14.5. The highest BCUT2D eigenvalue weighted by Gasteiger charge is 2.33. The third-order valence-corrected chi connectivity index (χ3v) is 4.86. The Morgan fingerprint density at radius 1 is 1.38 bits per heavy atom. The van der Waals surface area contributed by atoms with Gasteiger partial charge in [0.15, 0.2) is 0 Å². The molecular weight excluding hydrogens is 330 g/mol. The molecule has 0 aromatic carbocycles. The van der Waals surface area contributed by atoms with Crippen molar-refractivity contribution >= 4 is 15.9 Å². The van der Waals surface area contributed by atoms with Crippen molar-refractivity contribution in [3.63, 3.8) is 0 Å². The summed E-state index contributed by atoms with van der Waals surface area (Å²) < 4.78 is 30.0. The molecule has 0 aliphatic carbocycles. The van der Waals surface area contributed by atoms with Gasteiger partial charge in [-0.2, -0.15) is 0 Å². The fourth-order valence-electron chi connectivity index (χ4n) is 3.16. The minimum atomic E-state index is -3.36. The molecule has 1 aromatic heterocycles. The fourth-order valence-corrected chi connectivity index (χ4v) is 3.55. The molecule has 24 heavy (non-hydrogen) atoms. The molecule has 1 fully saturated rings. The van der Waals surface area contributed by atoms with Crippen molar-refractivity contribution in [2.45, 2.75) is 39.3 Å². The number of rotatable bonds is 8. The number of aryl methyl sites for hydroxylation is 1. The van der Waals surface area contributed by atoms with E-state index in [9.17, 15) is 13.2 Å². The van der Waals surface area contributed by atoms with Crippen molar-refractivity contribution in [1.82, 2.24) is 14.9 Å². The minimum Gasteiger partial charge on any atom is -0.465 e. The maximum Gasteiger partial charge on any atom is 0.235 e. The molecule has 2 heterocycles. The van der Waals surface area contributed by atoms with Crippen LogP contribution in [0.3, 0.4) is 0 Å². The van der Waals surface area contributed by atoms with E-state index in [1.54, 1.807) is 0 Å². The van der Waals surface area contributed by atoms with Gasteiger partial charge in [-0.3, -0.25) is 9.69 Å². The Bertz CT molecular complexity index is 656. The summed E-state index contributed by atoms with van der Waals surface area (Å²) in [7, 11) is -3.36. The van der Waals surface area contributed by atoms with Gasteiger partial charge in [0.2, 0.25) is 15.9 Å². The Hall–Kier alpha value is -1.38. The summed E-state index contributed by atoms with van der Waals surface area (Å²) in [6, 6.07) is 3.96. The van der Waals surface area contributed by atoms with Gasteiger partial charge in [0.1, 0.15) is 11.5 Å². The van der Waals surface area contributed by atoms with E-state index in [0.29, 0.717) is 5.92 Å². The Kier molecular flexibility index (Phi) is 6.42. The van der Waals surface area contributed by atoms with Gasteiger partial charge < -0.3 is 9.73 Å². The number of furan rings is 1. The van der Waals surface area contributed by atoms with E-state index in [1.165, 1.54) is 0 Å². The van der Waals surface area contributed by atoms with Gasteiger partial charge in [-0.05, 0) is 31.4 Å². The number of carbonyl (C=O) groups excluding carboxylic acids is 1. The number of carbonyl (C=O) groups is 1. The SMILES string of the molecule is CCCC1CN(Cc2ccc(C)o2)CC1NC(=O)CNS(C)(=O)=O. The van der Waals surface area contributed by atoms with Crippen molar-refractivity contribution in [3.05, 3.63) is 23.7 Å². The summed E-state index contributed by atoms with van der Waals surface area (Å²) >= 11 is 0. The predicted octanol–water partition coefficient (Wildman–Crippen LogP) is 0.854. The number of hydrogen-bond acceptors (Lipinski definition) is 5. The molecule has 2 N–H and O–H groups in total. The van der Waals surface area contributed by atoms with Crippen LogP contribution in [0.5, 0.6) is 0 Å². The van der Waals surface area contributed by atoms with Crippen molar-refractivity contribution < 1.29 is 17.6 Å². The molecular formula is C16H27N3O4S. The van der Waals surface area contributed by atoms with E-state index in [1.807, 2.05) is 19.1 Å². The van der Waals surface area contributed by atoms with Crippen LogP contribution in [0.4, 0.5) is 0 Å². The molecule has 1 aliphatic rings. The van der Waals surface area contributed by atoms with Crippen molar-refractivity contribution in [3.8, 4) is 0 Å². The summed E-state index contributed by atoms with van der Waals surface area (Å²) in [6.45, 7) is 6.20. The van der Waals surface area contributed by atoms with Crippen LogP contribution in [0.1, 0.15) is 31.3 Å². The quantitative estimate of drug-likeness (QED) is 0.720. The second-order valence-corrected chi connectivity index (χ2v) is 8.36. The molecule has 1 aromatic rings. The van der Waals surface area contributed by atoms with Crippen LogP contribution in [0.2, 0.25) is 0 Å². The lowest BCUT2D eigenvalue weighted by Gasteiger charge is -2.19. The largest absolute Gasteiger partial charge is 0.465 e. The van der Waals surface area contributed by atoms with Crippen LogP contribution in [0.25, 0.3) is 0 Å². The predicted molar refractivity (Wildman–Crippen MR) is 91.9 cm³/mol. The molecule has 2 unspecified atom stereocenters. The van der Waals surface area contributed by atoms with Gasteiger partial charge in [-0.25, -0.2) is 13.1 Å². The third-order valence-electron chi connectivity index (χ3n) is 4.19. The number of nitrogens with zero attached hydrogens (tertiary/aromatic N) is 1. The van der Waals surface area contributed by atoms with Gasteiger partial charge >= 0.3 is 0 Å². The maximum atomic E-state index is 12.0. The molecule has 2 rings (SSSR count). The molecule has 0 saturated carbocycles. The summed E-state index contributed by atoms with van der Waals surface area (Å²) in [5.74, 6) is 1.90. The molecule has 136 valence electrons. The number of amides is 1. The highest BCUT2D eigenvalue weighted by molar-refractivity contribution is 7.88. The van der Waals surface area contributed by atoms with Gasteiger partial charge in [0.25, 0.3) is 0 Å². The maximum absolute atomic E-state index is 12.0. The summed E-state index contributed by atoms with van der Waals surface area (Å²) in [5, 5.41) is 2.97. The second-order valence-electron chi connectivity index (χ2n) is 6.52.